The largest absolute Gasteiger partial charge is 0.481 e. The van der Waals surface area contributed by atoms with Gasteiger partial charge in [-0.1, -0.05) is 25.4 Å². The number of carboxylic acid groups (broad SMARTS) is 1. The Labute approximate surface area is 122 Å². The molecule has 1 aromatic carbocycles. The van der Waals surface area contributed by atoms with Crippen molar-refractivity contribution < 1.29 is 19.1 Å². The van der Waals surface area contributed by atoms with E-state index in [1.807, 2.05) is 13.8 Å². The summed E-state index contributed by atoms with van der Waals surface area (Å²) in [4.78, 5) is 24.3. The van der Waals surface area contributed by atoms with Crippen molar-refractivity contribution in [1.29, 1.82) is 0 Å². The third-order valence-corrected chi connectivity index (χ3v) is 2.86. The minimum atomic E-state index is -0.997. The fourth-order valence-corrected chi connectivity index (χ4v) is 1.94. The molecule has 0 saturated heterocycles. The van der Waals surface area contributed by atoms with Gasteiger partial charge < -0.3 is 10.0 Å². The predicted octanol–water partition coefficient (Wildman–Crippen LogP) is 3.05. The van der Waals surface area contributed by atoms with Gasteiger partial charge in [0.1, 0.15) is 5.82 Å². The Morgan fingerprint density at radius 3 is 2.55 bits per heavy atom. The number of hydrogen-bond donors (Lipinski definition) is 1. The molecular weight excluding hydrogens is 285 g/mol. The molecular formula is C14H17ClFNO3. The van der Waals surface area contributed by atoms with Gasteiger partial charge in [0.25, 0.3) is 5.91 Å². The molecule has 0 spiro atoms. The zero-order chi connectivity index (χ0) is 15.3. The summed E-state index contributed by atoms with van der Waals surface area (Å²) in [7, 11) is 0. The van der Waals surface area contributed by atoms with Crippen molar-refractivity contribution in [2.24, 2.45) is 5.92 Å². The van der Waals surface area contributed by atoms with Gasteiger partial charge in [0.2, 0.25) is 0 Å². The zero-order valence-corrected chi connectivity index (χ0v) is 12.2. The smallest absolute Gasteiger partial charge is 0.305 e. The Morgan fingerprint density at radius 2 is 2.05 bits per heavy atom. The van der Waals surface area contributed by atoms with E-state index >= 15 is 0 Å². The molecule has 0 fully saturated rings. The first-order valence-corrected chi connectivity index (χ1v) is 6.65. The number of carbonyl (C=O) groups is 2. The lowest BCUT2D eigenvalue weighted by atomic mass is 10.1. The maximum atomic E-state index is 13.7. The molecule has 0 aliphatic carbocycles. The number of benzene rings is 1. The van der Waals surface area contributed by atoms with Crippen LogP contribution in [0, 0.1) is 11.7 Å². The van der Waals surface area contributed by atoms with Crippen LogP contribution in [0.25, 0.3) is 0 Å². The Kier molecular flexibility index (Phi) is 5.95. The number of carboxylic acids is 1. The third kappa shape index (κ3) is 4.81. The molecule has 1 amide bonds. The van der Waals surface area contributed by atoms with Gasteiger partial charge >= 0.3 is 5.97 Å². The Hall–Kier alpha value is -1.62. The Balaban J connectivity index is 2.93. The maximum absolute atomic E-state index is 13.7. The Bertz CT molecular complexity index is 505. The minimum absolute atomic E-state index is 0.0500. The fourth-order valence-electron chi connectivity index (χ4n) is 1.78. The zero-order valence-electron chi connectivity index (χ0n) is 11.4. The van der Waals surface area contributed by atoms with Crippen LogP contribution in [-0.2, 0) is 4.79 Å². The van der Waals surface area contributed by atoms with Crippen molar-refractivity contribution in [3.63, 3.8) is 0 Å². The molecule has 0 atom stereocenters. The van der Waals surface area contributed by atoms with Crippen molar-refractivity contribution in [3.8, 4) is 0 Å². The average molecular weight is 302 g/mol. The highest BCUT2D eigenvalue weighted by atomic mass is 35.5. The molecule has 110 valence electrons. The van der Waals surface area contributed by atoms with Crippen LogP contribution in [0.2, 0.25) is 5.02 Å². The normalized spacial score (nSPS) is 10.7. The lowest BCUT2D eigenvalue weighted by molar-refractivity contribution is -0.137. The number of amides is 1. The molecule has 0 heterocycles. The summed E-state index contributed by atoms with van der Waals surface area (Å²) in [5, 5.41) is 8.92. The second kappa shape index (κ2) is 7.24. The Morgan fingerprint density at radius 1 is 1.40 bits per heavy atom. The van der Waals surface area contributed by atoms with Crippen LogP contribution in [-0.4, -0.2) is 35.0 Å². The summed E-state index contributed by atoms with van der Waals surface area (Å²) in [5.41, 5.74) is -0.0968. The van der Waals surface area contributed by atoms with Gasteiger partial charge in [-0.3, -0.25) is 9.59 Å². The van der Waals surface area contributed by atoms with Crippen LogP contribution >= 0.6 is 11.6 Å². The molecule has 0 unspecified atom stereocenters. The first-order valence-electron chi connectivity index (χ1n) is 6.27. The van der Waals surface area contributed by atoms with Gasteiger partial charge in [-0.15, -0.1) is 0 Å². The van der Waals surface area contributed by atoms with Crippen LogP contribution < -0.4 is 0 Å². The van der Waals surface area contributed by atoms with Crippen molar-refractivity contribution in [3.05, 3.63) is 34.6 Å². The standard InChI is InChI=1S/C14H17ClFNO3/c1-9(2)8-17(6-5-13(18)19)14(20)11-4-3-10(15)7-12(11)16/h3-4,7,9H,5-6,8H2,1-2H3,(H,18,19). The predicted molar refractivity (Wildman–Crippen MR) is 74.4 cm³/mol. The maximum Gasteiger partial charge on any atom is 0.305 e. The van der Waals surface area contributed by atoms with Gasteiger partial charge in [-0.2, -0.15) is 0 Å². The van der Waals surface area contributed by atoms with Crippen LogP contribution in [0.3, 0.4) is 0 Å². The molecule has 0 saturated carbocycles. The van der Waals surface area contributed by atoms with Crippen molar-refractivity contribution in [1.82, 2.24) is 4.90 Å². The summed E-state index contributed by atoms with van der Waals surface area (Å²) in [6, 6.07) is 3.82. The highest BCUT2D eigenvalue weighted by Crippen LogP contribution is 2.17. The van der Waals surface area contributed by atoms with Crippen LogP contribution in [0.15, 0.2) is 18.2 Å². The number of halogens is 2. The molecule has 1 rings (SSSR count). The molecule has 6 heteroatoms. The van der Waals surface area contributed by atoms with Crippen LogP contribution in [0.1, 0.15) is 30.6 Å². The summed E-state index contributed by atoms with van der Waals surface area (Å²) < 4.78 is 13.7. The van der Waals surface area contributed by atoms with Gasteiger partial charge in [0, 0.05) is 18.1 Å². The monoisotopic (exact) mass is 301 g/mol. The summed E-state index contributed by atoms with van der Waals surface area (Å²) >= 11 is 5.65. The average Bonchev–Trinajstić information content (AvgIpc) is 2.33. The quantitative estimate of drug-likeness (QED) is 0.878. The molecule has 0 aliphatic rings. The van der Waals surface area contributed by atoms with E-state index in [1.165, 1.54) is 17.0 Å². The number of rotatable bonds is 6. The van der Waals surface area contributed by atoms with Crippen molar-refractivity contribution in [2.75, 3.05) is 13.1 Å². The van der Waals surface area contributed by atoms with Crippen LogP contribution in [0.5, 0.6) is 0 Å². The highest BCUT2D eigenvalue weighted by molar-refractivity contribution is 6.30. The second-order valence-corrected chi connectivity index (χ2v) is 5.35. The van der Waals surface area contributed by atoms with Crippen molar-refractivity contribution in [2.45, 2.75) is 20.3 Å². The molecule has 0 aromatic heterocycles. The molecule has 0 radical (unpaired) electrons. The molecule has 4 nitrogen and oxygen atoms in total. The number of hydrogen-bond acceptors (Lipinski definition) is 2. The van der Waals surface area contributed by atoms with E-state index < -0.39 is 17.7 Å². The van der Waals surface area contributed by atoms with E-state index in [1.54, 1.807) is 0 Å². The van der Waals surface area contributed by atoms with Gasteiger partial charge in [0.15, 0.2) is 0 Å². The van der Waals surface area contributed by atoms with E-state index in [9.17, 15) is 14.0 Å². The molecule has 1 N–H and O–H groups in total. The third-order valence-electron chi connectivity index (χ3n) is 2.63. The number of carbonyl (C=O) groups excluding carboxylic acids is 1. The van der Waals surface area contributed by atoms with Gasteiger partial charge in [0.05, 0.1) is 12.0 Å². The van der Waals surface area contributed by atoms with E-state index in [4.69, 9.17) is 16.7 Å². The molecule has 0 aliphatic heterocycles. The minimum Gasteiger partial charge on any atom is -0.481 e. The number of aliphatic carboxylic acids is 1. The summed E-state index contributed by atoms with van der Waals surface area (Å²) in [6.45, 7) is 4.22. The fraction of sp³-hybridized carbons (Fsp3) is 0.429. The lowest BCUT2D eigenvalue weighted by Crippen LogP contribution is -2.36. The topological polar surface area (TPSA) is 57.6 Å². The van der Waals surface area contributed by atoms with E-state index in [0.717, 1.165) is 6.07 Å². The summed E-state index contributed by atoms with van der Waals surface area (Å²) in [6.07, 6.45) is -0.173. The highest BCUT2D eigenvalue weighted by Gasteiger charge is 2.20. The first-order chi connectivity index (χ1) is 9.31. The molecule has 0 bridgehead atoms. The SMILES string of the molecule is CC(C)CN(CCC(=O)O)C(=O)c1ccc(Cl)cc1F. The van der Waals surface area contributed by atoms with Gasteiger partial charge in [-0.05, 0) is 24.1 Å². The van der Waals surface area contributed by atoms with Crippen LogP contribution in [0.4, 0.5) is 4.39 Å². The second-order valence-electron chi connectivity index (χ2n) is 4.91. The number of nitrogens with zero attached hydrogens (tertiary/aromatic N) is 1. The van der Waals surface area contributed by atoms with E-state index in [2.05, 4.69) is 0 Å². The first kappa shape index (κ1) is 16.4. The summed E-state index contributed by atoms with van der Waals surface area (Å²) in [5.74, 6) is -2.06. The van der Waals surface area contributed by atoms with Crippen molar-refractivity contribution >= 4 is 23.5 Å². The van der Waals surface area contributed by atoms with Gasteiger partial charge in [-0.25, -0.2) is 4.39 Å². The molecule has 20 heavy (non-hydrogen) atoms. The van der Waals surface area contributed by atoms with E-state index in [0.29, 0.717) is 6.54 Å². The lowest BCUT2D eigenvalue weighted by Gasteiger charge is -2.24. The molecule has 1 aromatic rings. The van der Waals surface area contributed by atoms with E-state index in [-0.39, 0.29) is 29.5 Å².